The SMILES string of the molecule is Cl.Cl.FCC1(COCC2CCCCN2C2CCNCC2)CC1. The molecule has 0 aromatic rings. The van der Waals surface area contributed by atoms with Crippen molar-refractivity contribution in [1.82, 2.24) is 10.2 Å². The van der Waals surface area contributed by atoms with Crippen LogP contribution in [0.5, 0.6) is 0 Å². The highest BCUT2D eigenvalue weighted by Gasteiger charge is 2.43. The third kappa shape index (κ3) is 5.20. The molecule has 6 heteroatoms. The summed E-state index contributed by atoms with van der Waals surface area (Å²) in [4.78, 5) is 2.69. The van der Waals surface area contributed by atoms with Gasteiger partial charge in [-0.15, -0.1) is 24.8 Å². The Morgan fingerprint density at radius 2 is 1.82 bits per heavy atom. The average molecular weight is 357 g/mol. The minimum atomic E-state index is -0.199. The van der Waals surface area contributed by atoms with Gasteiger partial charge in [-0.1, -0.05) is 6.42 Å². The van der Waals surface area contributed by atoms with Gasteiger partial charge in [-0.05, 0) is 58.2 Å². The first-order valence-electron chi connectivity index (χ1n) is 8.43. The van der Waals surface area contributed by atoms with Crippen LogP contribution in [0.2, 0.25) is 0 Å². The fraction of sp³-hybridized carbons (Fsp3) is 1.00. The number of likely N-dealkylation sites (tertiary alicyclic amines) is 1. The van der Waals surface area contributed by atoms with Crippen molar-refractivity contribution in [1.29, 1.82) is 0 Å². The van der Waals surface area contributed by atoms with Gasteiger partial charge in [0.15, 0.2) is 0 Å². The number of piperidine rings is 2. The van der Waals surface area contributed by atoms with Crippen molar-refractivity contribution in [3.8, 4) is 0 Å². The molecule has 3 aliphatic rings. The van der Waals surface area contributed by atoms with E-state index in [1.54, 1.807) is 0 Å². The fourth-order valence-corrected chi connectivity index (χ4v) is 3.73. The predicted octanol–water partition coefficient (Wildman–Crippen LogP) is 3.20. The molecular formula is C16H31Cl2FN2O. The molecule has 0 aromatic heterocycles. The molecule has 0 bridgehead atoms. The van der Waals surface area contributed by atoms with Gasteiger partial charge in [0.2, 0.25) is 0 Å². The van der Waals surface area contributed by atoms with Gasteiger partial charge in [0.25, 0.3) is 0 Å². The summed E-state index contributed by atoms with van der Waals surface area (Å²) in [6, 6.07) is 1.31. The van der Waals surface area contributed by atoms with E-state index in [2.05, 4.69) is 10.2 Å². The van der Waals surface area contributed by atoms with E-state index in [9.17, 15) is 4.39 Å². The van der Waals surface area contributed by atoms with E-state index < -0.39 is 0 Å². The van der Waals surface area contributed by atoms with Crippen LogP contribution in [-0.2, 0) is 4.74 Å². The minimum Gasteiger partial charge on any atom is -0.379 e. The second kappa shape index (κ2) is 9.63. The van der Waals surface area contributed by atoms with Gasteiger partial charge in [0.05, 0.1) is 19.9 Å². The van der Waals surface area contributed by atoms with Crippen molar-refractivity contribution in [2.45, 2.75) is 57.0 Å². The summed E-state index contributed by atoms with van der Waals surface area (Å²) in [7, 11) is 0. The number of nitrogens with zero attached hydrogens (tertiary/aromatic N) is 1. The molecule has 132 valence electrons. The Bertz CT molecular complexity index is 313. The first-order chi connectivity index (χ1) is 9.83. The molecule has 1 saturated carbocycles. The topological polar surface area (TPSA) is 24.5 Å². The Hall–Kier alpha value is 0.390. The summed E-state index contributed by atoms with van der Waals surface area (Å²) in [5, 5.41) is 3.45. The first-order valence-corrected chi connectivity index (χ1v) is 8.43. The van der Waals surface area contributed by atoms with Crippen LogP contribution in [0.4, 0.5) is 4.39 Å². The van der Waals surface area contributed by atoms with Crippen molar-refractivity contribution in [3.05, 3.63) is 0 Å². The van der Waals surface area contributed by atoms with Crippen LogP contribution in [-0.4, -0.2) is 56.5 Å². The van der Waals surface area contributed by atoms with Gasteiger partial charge >= 0.3 is 0 Å². The van der Waals surface area contributed by atoms with Gasteiger partial charge in [-0.3, -0.25) is 9.29 Å². The Morgan fingerprint density at radius 1 is 1.09 bits per heavy atom. The number of hydrogen-bond donors (Lipinski definition) is 1. The van der Waals surface area contributed by atoms with Gasteiger partial charge in [0.1, 0.15) is 0 Å². The molecule has 3 rings (SSSR count). The lowest BCUT2D eigenvalue weighted by atomic mass is 9.96. The smallest absolute Gasteiger partial charge is 0.0972 e. The summed E-state index contributed by atoms with van der Waals surface area (Å²) in [6.45, 7) is 4.79. The van der Waals surface area contributed by atoms with Crippen molar-refractivity contribution >= 4 is 24.8 Å². The molecule has 2 heterocycles. The van der Waals surface area contributed by atoms with E-state index in [4.69, 9.17) is 4.74 Å². The molecule has 2 saturated heterocycles. The van der Waals surface area contributed by atoms with Gasteiger partial charge < -0.3 is 10.1 Å². The van der Waals surface area contributed by atoms with E-state index in [0.29, 0.717) is 12.6 Å². The fourth-order valence-electron chi connectivity index (χ4n) is 3.73. The zero-order chi connectivity index (χ0) is 13.8. The zero-order valence-electron chi connectivity index (χ0n) is 13.4. The molecule has 0 aromatic carbocycles. The molecule has 1 aliphatic carbocycles. The van der Waals surface area contributed by atoms with E-state index in [-0.39, 0.29) is 36.9 Å². The number of rotatable bonds is 6. The summed E-state index contributed by atoms with van der Waals surface area (Å²) in [6.07, 6.45) is 8.49. The minimum absolute atomic E-state index is 0. The molecular weight excluding hydrogens is 326 g/mol. The zero-order valence-corrected chi connectivity index (χ0v) is 15.0. The van der Waals surface area contributed by atoms with Crippen LogP contribution in [0.1, 0.15) is 44.9 Å². The Morgan fingerprint density at radius 3 is 2.45 bits per heavy atom. The molecule has 2 aliphatic heterocycles. The molecule has 22 heavy (non-hydrogen) atoms. The second-order valence-corrected chi connectivity index (χ2v) is 7.02. The van der Waals surface area contributed by atoms with Crippen molar-refractivity contribution in [3.63, 3.8) is 0 Å². The molecule has 1 N–H and O–H groups in total. The third-order valence-corrected chi connectivity index (χ3v) is 5.41. The largest absolute Gasteiger partial charge is 0.379 e. The number of ether oxygens (including phenoxy) is 1. The molecule has 0 amide bonds. The highest BCUT2D eigenvalue weighted by molar-refractivity contribution is 5.85. The maximum atomic E-state index is 12.9. The maximum Gasteiger partial charge on any atom is 0.0972 e. The van der Waals surface area contributed by atoms with Crippen molar-refractivity contribution in [2.75, 3.05) is 39.5 Å². The standard InChI is InChI=1S/C16H29FN2O.2ClH/c17-12-16(6-7-16)13-20-11-15-3-1-2-10-19(15)14-4-8-18-9-5-14;;/h14-15,18H,1-13H2;2*1H. The van der Waals surface area contributed by atoms with Crippen LogP contribution < -0.4 is 5.32 Å². The van der Waals surface area contributed by atoms with E-state index >= 15 is 0 Å². The van der Waals surface area contributed by atoms with E-state index in [0.717, 1.165) is 38.6 Å². The summed E-state index contributed by atoms with van der Waals surface area (Å²) < 4.78 is 18.8. The molecule has 1 atom stereocenters. The lowest BCUT2D eigenvalue weighted by molar-refractivity contribution is -0.00578. The highest BCUT2D eigenvalue weighted by Crippen LogP contribution is 2.46. The number of hydrogen-bond acceptors (Lipinski definition) is 3. The van der Waals surface area contributed by atoms with Crippen LogP contribution in [0.25, 0.3) is 0 Å². The molecule has 3 fully saturated rings. The van der Waals surface area contributed by atoms with Crippen LogP contribution >= 0.6 is 24.8 Å². The van der Waals surface area contributed by atoms with Gasteiger partial charge in [-0.25, -0.2) is 0 Å². The van der Waals surface area contributed by atoms with Crippen LogP contribution in [0, 0.1) is 5.41 Å². The normalized spacial score (nSPS) is 28.5. The summed E-state index contributed by atoms with van der Waals surface area (Å²) in [5.41, 5.74) is -0.0890. The van der Waals surface area contributed by atoms with Crippen molar-refractivity contribution < 1.29 is 9.13 Å². The van der Waals surface area contributed by atoms with E-state index in [1.807, 2.05) is 0 Å². The highest BCUT2D eigenvalue weighted by atomic mass is 35.5. The van der Waals surface area contributed by atoms with Crippen LogP contribution in [0.3, 0.4) is 0 Å². The van der Waals surface area contributed by atoms with E-state index in [1.165, 1.54) is 38.6 Å². The number of halogens is 3. The predicted molar refractivity (Wildman–Crippen MR) is 93.2 cm³/mol. The Labute approximate surface area is 146 Å². The van der Waals surface area contributed by atoms with Crippen LogP contribution in [0.15, 0.2) is 0 Å². The third-order valence-electron chi connectivity index (χ3n) is 5.41. The summed E-state index contributed by atoms with van der Waals surface area (Å²) >= 11 is 0. The molecule has 0 spiro atoms. The summed E-state index contributed by atoms with van der Waals surface area (Å²) in [5.74, 6) is 0. The second-order valence-electron chi connectivity index (χ2n) is 7.02. The number of nitrogens with one attached hydrogen (secondary N) is 1. The quantitative estimate of drug-likeness (QED) is 0.790. The maximum absolute atomic E-state index is 12.9. The Kier molecular flexibility index (Phi) is 8.94. The van der Waals surface area contributed by atoms with Crippen molar-refractivity contribution in [2.24, 2.45) is 5.41 Å². The monoisotopic (exact) mass is 356 g/mol. The molecule has 3 nitrogen and oxygen atoms in total. The lowest BCUT2D eigenvalue weighted by Gasteiger charge is -2.43. The number of alkyl halides is 1. The van der Waals surface area contributed by atoms with Gasteiger partial charge in [-0.2, -0.15) is 0 Å². The molecule has 0 radical (unpaired) electrons. The van der Waals surface area contributed by atoms with Gasteiger partial charge in [0, 0.05) is 17.5 Å². The molecule has 1 unspecified atom stereocenters. The first kappa shape index (κ1) is 20.4. The lowest BCUT2D eigenvalue weighted by Crippen LogP contribution is -2.51. The Balaban J connectivity index is 0.00000121. The average Bonchev–Trinajstić information content (AvgIpc) is 3.29.